The van der Waals surface area contributed by atoms with E-state index in [0.29, 0.717) is 17.2 Å². The average Bonchev–Trinajstić information content (AvgIpc) is 2.68. The van der Waals surface area contributed by atoms with Crippen molar-refractivity contribution in [3.8, 4) is 11.6 Å². The third kappa shape index (κ3) is 4.63. The van der Waals surface area contributed by atoms with Gasteiger partial charge in [0.25, 0.3) is 0 Å². The van der Waals surface area contributed by atoms with Gasteiger partial charge in [-0.2, -0.15) is 0 Å². The fourth-order valence-electron chi connectivity index (χ4n) is 3.12. The molecule has 0 unspecified atom stereocenters. The lowest BCUT2D eigenvalue weighted by Gasteiger charge is -2.28. The van der Waals surface area contributed by atoms with Crippen molar-refractivity contribution in [3.63, 3.8) is 0 Å². The Labute approximate surface area is 154 Å². The van der Waals surface area contributed by atoms with Crippen molar-refractivity contribution >= 4 is 5.91 Å². The molecule has 1 aliphatic carbocycles. The van der Waals surface area contributed by atoms with Crippen LogP contribution in [-0.2, 0) is 6.54 Å². The first-order chi connectivity index (χ1) is 12.7. The molecule has 5 heteroatoms. The second kappa shape index (κ2) is 8.52. The number of rotatable bonds is 7. The molecule has 1 aromatic carbocycles. The monoisotopic (exact) mass is 351 g/mol. The Morgan fingerprint density at radius 1 is 1.19 bits per heavy atom. The first kappa shape index (κ1) is 18.0. The van der Waals surface area contributed by atoms with Crippen molar-refractivity contribution in [1.82, 2.24) is 9.88 Å². The lowest BCUT2D eigenvalue weighted by atomic mass is 10.0. The molecule has 0 aliphatic heterocycles. The molecule has 5 nitrogen and oxygen atoms in total. The Balaban J connectivity index is 1.62. The maximum atomic E-state index is 11.1. The molecule has 0 radical (unpaired) electrons. The van der Waals surface area contributed by atoms with Crippen LogP contribution in [0.1, 0.15) is 48.5 Å². The fourth-order valence-corrected chi connectivity index (χ4v) is 3.12. The predicted molar refractivity (Wildman–Crippen MR) is 102 cm³/mol. The van der Waals surface area contributed by atoms with E-state index >= 15 is 0 Å². The van der Waals surface area contributed by atoms with Crippen molar-refractivity contribution in [1.29, 1.82) is 0 Å². The van der Waals surface area contributed by atoms with Crippen LogP contribution >= 0.6 is 0 Å². The molecule has 1 amide bonds. The first-order valence-electron chi connectivity index (χ1n) is 9.12. The van der Waals surface area contributed by atoms with Crippen LogP contribution in [0, 0.1) is 0 Å². The summed E-state index contributed by atoms with van der Waals surface area (Å²) in [6.45, 7) is 4.13. The number of carbonyl (C=O) groups is 1. The van der Waals surface area contributed by atoms with Crippen LogP contribution in [0.3, 0.4) is 0 Å². The smallest absolute Gasteiger partial charge is 0.250 e. The van der Waals surface area contributed by atoms with Gasteiger partial charge in [0.1, 0.15) is 5.75 Å². The molecule has 2 N–H and O–H groups in total. The second-order valence-corrected chi connectivity index (χ2v) is 6.45. The Morgan fingerprint density at radius 2 is 2.00 bits per heavy atom. The number of allylic oxidation sites excluding steroid dienone is 2. The van der Waals surface area contributed by atoms with Gasteiger partial charge in [-0.15, -0.1) is 0 Å². The molecule has 0 bridgehead atoms. The quantitative estimate of drug-likeness (QED) is 0.809. The highest BCUT2D eigenvalue weighted by Crippen LogP contribution is 2.24. The van der Waals surface area contributed by atoms with E-state index in [-0.39, 0.29) is 0 Å². The minimum absolute atomic E-state index is 0.365. The summed E-state index contributed by atoms with van der Waals surface area (Å²) in [5.41, 5.74) is 8.30. The molecule has 0 saturated heterocycles. The molecule has 0 saturated carbocycles. The number of nitrogens with zero attached hydrogens (tertiary/aromatic N) is 2. The highest BCUT2D eigenvalue weighted by Gasteiger charge is 2.11. The molecule has 0 spiro atoms. The molecule has 3 rings (SSSR count). The van der Waals surface area contributed by atoms with Crippen LogP contribution in [-0.4, -0.2) is 22.3 Å². The van der Waals surface area contributed by atoms with E-state index < -0.39 is 5.91 Å². The zero-order chi connectivity index (χ0) is 18.4. The highest BCUT2D eigenvalue weighted by atomic mass is 16.5. The van der Waals surface area contributed by atoms with Gasteiger partial charge >= 0.3 is 0 Å². The van der Waals surface area contributed by atoms with E-state index in [1.807, 2.05) is 12.1 Å². The average molecular weight is 351 g/mol. The van der Waals surface area contributed by atoms with Gasteiger partial charge < -0.3 is 15.4 Å². The molecular formula is C21H25N3O2. The van der Waals surface area contributed by atoms with E-state index in [1.54, 1.807) is 12.1 Å². The lowest BCUT2D eigenvalue weighted by Crippen LogP contribution is -2.23. The number of hydrogen-bond acceptors (Lipinski definition) is 4. The van der Waals surface area contributed by atoms with Gasteiger partial charge in [-0.1, -0.05) is 18.2 Å². The summed E-state index contributed by atoms with van der Waals surface area (Å²) in [7, 11) is 0. The summed E-state index contributed by atoms with van der Waals surface area (Å²) >= 11 is 0. The first-order valence-corrected chi connectivity index (χ1v) is 9.12. The van der Waals surface area contributed by atoms with Gasteiger partial charge in [-0.3, -0.25) is 4.79 Å². The van der Waals surface area contributed by atoms with E-state index in [9.17, 15) is 4.79 Å². The summed E-state index contributed by atoms with van der Waals surface area (Å²) in [5.74, 6) is 0.653. The number of pyridine rings is 1. The number of aromatic nitrogens is 1. The van der Waals surface area contributed by atoms with Gasteiger partial charge in [0.05, 0.1) is 5.56 Å². The standard InChI is InChI=1S/C21H25N3O2/c1-2-24(18-6-4-3-5-7-18)15-16-8-11-19(12-9-16)26-20-13-10-17(14-23-20)21(22)25/h6,8-14H,2-5,7,15H2,1H3,(H2,22,25). The number of carbonyl (C=O) groups excluding carboxylic acids is 1. The zero-order valence-corrected chi connectivity index (χ0v) is 15.1. The Kier molecular flexibility index (Phi) is 5.89. The summed E-state index contributed by atoms with van der Waals surface area (Å²) in [6, 6.07) is 11.3. The predicted octanol–water partition coefficient (Wildman–Crippen LogP) is 4.25. The summed E-state index contributed by atoms with van der Waals surface area (Å²) in [5, 5.41) is 0. The number of benzene rings is 1. The molecular weight excluding hydrogens is 326 g/mol. The molecule has 1 aliphatic rings. The molecule has 136 valence electrons. The molecule has 26 heavy (non-hydrogen) atoms. The van der Waals surface area contributed by atoms with Gasteiger partial charge in [-0.25, -0.2) is 4.98 Å². The normalized spacial score (nSPS) is 13.8. The van der Waals surface area contributed by atoms with Crippen molar-refractivity contribution in [2.45, 2.75) is 39.2 Å². The van der Waals surface area contributed by atoms with Gasteiger partial charge in [0.15, 0.2) is 0 Å². The van der Waals surface area contributed by atoms with E-state index in [4.69, 9.17) is 10.5 Å². The van der Waals surface area contributed by atoms with Crippen LogP contribution in [0.2, 0.25) is 0 Å². The maximum absolute atomic E-state index is 11.1. The highest BCUT2D eigenvalue weighted by molar-refractivity contribution is 5.92. The van der Waals surface area contributed by atoms with Crippen molar-refractivity contribution < 1.29 is 9.53 Å². The van der Waals surface area contributed by atoms with Crippen LogP contribution in [0.25, 0.3) is 0 Å². The van der Waals surface area contributed by atoms with Crippen LogP contribution in [0.4, 0.5) is 0 Å². The van der Waals surface area contributed by atoms with E-state index in [2.05, 4.69) is 35.0 Å². The fraction of sp³-hybridized carbons (Fsp3) is 0.333. The van der Waals surface area contributed by atoms with Gasteiger partial charge in [-0.05, 0) is 56.4 Å². The number of hydrogen-bond donors (Lipinski definition) is 1. The van der Waals surface area contributed by atoms with Crippen molar-refractivity contribution in [2.75, 3.05) is 6.54 Å². The van der Waals surface area contributed by atoms with Gasteiger partial charge in [0.2, 0.25) is 11.8 Å². The van der Waals surface area contributed by atoms with E-state index in [0.717, 1.165) is 13.1 Å². The summed E-state index contributed by atoms with van der Waals surface area (Å²) in [6.07, 6.45) is 8.77. The second-order valence-electron chi connectivity index (χ2n) is 6.45. The largest absolute Gasteiger partial charge is 0.439 e. The number of ether oxygens (including phenoxy) is 1. The van der Waals surface area contributed by atoms with Crippen molar-refractivity contribution in [3.05, 3.63) is 65.5 Å². The Hall–Kier alpha value is -2.82. The topological polar surface area (TPSA) is 68.5 Å². The summed E-state index contributed by atoms with van der Waals surface area (Å²) < 4.78 is 5.73. The zero-order valence-electron chi connectivity index (χ0n) is 15.1. The molecule has 1 heterocycles. The molecule has 1 aromatic heterocycles. The minimum atomic E-state index is -0.498. The third-order valence-electron chi connectivity index (χ3n) is 4.59. The van der Waals surface area contributed by atoms with Crippen molar-refractivity contribution in [2.24, 2.45) is 5.73 Å². The minimum Gasteiger partial charge on any atom is -0.439 e. The Morgan fingerprint density at radius 3 is 2.58 bits per heavy atom. The Bertz CT molecular complexity index is 767. The molecule has 0 fully saturated rings. The third-order valence-corrected chi connectivity index (χ3v) is 4.59. The molecule has 0 atom stereocenters. The van der Waals surface area contributed by atoms with Gasteiger partial charge in [0, 0.05) is 31.0 Å². The van der Waals surface area contributed by atoms with Crippen LogP contribution < -0.4 is 10.5 Å². The number of amides is 1. The SMILES string of the molecule is CCN(Cc1ccc(Oc2ccc(C(N)=O)cn2)cc1)C1=CCCCC1. The number of nitrogens with two attached hydrogens (primary N) is 1. The summed E-state index contributed by atoms with van der Waals surface area (Å²) in [4.78, 5) is 17.6. The van der Waals surface area contributed by atoms with Crippen LogP contribution in [0.5, 0.6) is 11.6 Å². The van der Waals surface area contributed by atoms with E-state index in [1.165, 1.54) is 43.1 Å². The van der Waals surface area contributed by atoms with Crippen LogP contribution in [0.15, 0.2) is 54.4 Å². The maximum Gasteiger partial charge on any atom is 0.250 e. The lowest BCUT2D eigenvalue weighted by molar-refractivity contribution is 0.1000. The molecule has 2 aromatic rings. The number of primary amides is 1.